The summed E-state index contributed by atoms with van der Waals surface area (Å²) in [5.41, 5.74) is 3.87. The van der Waals surface area contributed by atoms with Crippen LogP contribution in [-0.4, -0.2) is 64.3 Å². The molecule has 2 aliphatic heterocycles. The van der Waals surface area contributed by atoms with Crippen LogP contribution in [-0.2, 0) is 4.74 Å². The predicted octanol–water partition coefficient (Wildman–Crippen LogP) is 3.69. The van der Waals surface area contributed by atoms with Gasteiger partial charge in [-0.25, -0.2) is 0 Å². The molecular weight excluding hydrogens is 390 g/mol. The highest BCUT2D eigenvalue weighted by Gasteiger charge is 2.22. The molecule has 0 spiro atoms. The Balaban J connectivity index is 1.45. The molecule has 0 aromatic heterocycles. The summed E-state index contributed by atoms with van der Waals surface area (Å²) in [6, 6.07) is 11.9. The van der Waals surface area contributed by atoms with Gasteiger partial charge in [-0.15, -0.1) is 6.42 Å². The van der Waals surface area contributed by atoms with Crippen LogP contribution in [0.15, 0.2) is 41.4 Å². The van der Waals surface area contributed by atoms with E-state index in [1.165, 1.54) is 0 Å². The molecular formula is C25H29N3O3. The van der Waals surface area contributed by atoms with E-state index in [2.05, 4.69) is 20.7 Å². The second-order valence-electron chi connectivity index (χ2n) is 7.79. The van der Waals surface area contributed by atoms with E-state index >= 15 is 0 Å². The second-order valence-corrected chi connectivity index (χ2v) is 7.79. The van der Waals surface area contributed by atoms with E-state index in [1.807, 2.05) is 42.6 Å². The molecule has 31 heavy (non-hydrogen) atoms. The first kappa shape index (κ1) is 21.2. The van der Waals surface area contributed by atoms with Gasteiger partial charge in [0, 0.05) is 55.8 Å². The summed E-state index contributed by atoms with van der Waals surface area (Å²) in [5.74, 6) is 4.15. The summed E-state index contributed by atoms with van der Waals surface area (Å²) in [5, 5.41) is 0. The lowest BCUT2D eigenvalue weighted by Crippen LogP contribution is -2.25. The van der Waals surface area contributed by atoms with Crippen molar-refractivity contribution < 1.29 is 14.2 Å². The van der Waals surface area contributed by atoms with Crippen LogP contribution in [0.5, 0.6) is 11.5 Å². The molecule has 2 aromatic rings. The smallest absolute Gasteiger partial charge is 0.162 e. The molecule has 0 radical (unpaired) electrons. The first-order chi connectivity index (χ1) is 15.2. The summed E-state index contributed by atoms with van der Waals surface area (Å²) in [7, 11) is 3.46. The van der Waals surface area contributed by atoms with Crippen molar-refractivity contribution in [3.05, 3.63) is 47.5 Å². The van der Waals surface area contributed by atoms with Gasteiger partial charge in [-0.1, -0.05) is 12.0 Å². The lowest BCUT2D eigenvalue weighted by molar-refractivity contribution is 0.107. The van der Waals surface area contributed by atoms with Crippen LogP contribution >= 0.6 is 0 Å². The van der Waals surface area contributed by atoms with Crippen molar-refractivity contribution in [1.82, 2.24) is 4.90 Å². The number of methoxy groups -OCH3 is 2. The Morgan fingerprint density at radius 2 is 2.10 bits per heavy atom. The van der Waals surface area contributed by atoms with Gasteiger partial charge >= 0.3 is 0 Å². The van der Waals surface area contributed by atoms with Crippen LogP contribution in [0.25, 0.3) is 0 Å². The SMILES string of the molecule is C#Cc1cccc(N2CN=Cc3cc(OCCCN4CC[C@@H](OC)C4)c(OC)cc32)c1. The highest BCUT2D eigenvalue weighted by Crippen LogP contribution is 2.39. The number of ether oxygens (including phenoxy) is 3. The molecule has 1 fully saturated rings. The monoisotopic (exact) mass is 419 g/mol. The normalized spacial score (nSPS) is 18.0. The van der Waals surface area contributed by atoms with Gasteiger partial charge in [0.2, 0.25) is 0 Å². The maximum absolute atomic E-state index is 6.09. The molecule has 0 saturated carbocycles. The highest BCUT2D eigenvalue weighted by atomic mass is 16.5. The molecule has 6 nitrogen and oxygen atoms in total. The zero-order chi connectivity index (χ0) is 21.6. The van der Waals surface area contributed by atoms with Crippen LogP contribution in [0, 0.1) is 12.3 Å². The number of hydrogen-bond donors (Lipinski definition) is 0. The van der Waals surface area contributed by atoms with Crippen molar-refractivity contribution in [3.8, 4) is 23.8 Å². The number of benzene rings is 2. The number of hydrogen-bond acceptors (Lipinski definition) is 6. The summed E-state index contributed by atoms with van der Waals surface area (Å²) < 4.78 is 17.2. The van der Waals surface area contributed by atoms with Gasteiger partial charge in [-0.2, -0.15) is 0 Å². The number of aliphatic imine (C=N–C) groups is 1. The van der Waals surface area contributed by atoms with E-state index in [-0.39, 0.29) is 0 Å². The highest BCUT2D eigenvalue weighted by molar-refractivity contribution is 5.93. The average Bonchev–Trinajstić information content (AvgIpc) is 3.29. The number of fused-ring (bicyclic) bond motifs is 1. The van der Waals surface area contributed by atoms with Crippen molar-refractivity contribution in [2.24, 2.45) is 4.99 Å². The van der Waals surface area contributed by atoms with Gasteiger partial charge in [0.25, 0.3) is 0 Å². The Morgan fingerprint density at radius 1 is 1.19 bits per heavy atom. The lowest BCUT2D eigenvalue weighted by Gasteiger charge is -2.28. The maximum Gasteiger partial charge on any atom is 0.162 e. The fourth-order valence-electron chi connectivity index (χ4n) is 4.12. The molecule has 2 aromatic carbocycles. The summed E-state index contributed by atoms with van der Waals surface area (Å²) in [4.78, 5) is 9.08. The predicted molar refractivity (Wildman–Crippen MR) is 124 cm³/mol. The Labute approximate surface area is 184 Å². The summed E-state index contributed by atoms with van der Waals surface area (Å²) >= 11 is 0. The van der Waals surface area contributed by atoms with Gasteiger partial charge in [-0.3, -0.25) is 4.99 Å². The molecule has 0 amide bonds. The molecule has 6 heteroatoms. The summed E-state index contributed by atoms with van der Waals surface area (Å²) in [6.45, 7) is 4.27. The van der Waals surface area contributed by atoms with Crippen LogP contribution in [0.1, 0.15) is 24.0 Å². The van der Waals surface area contributed by atoms with E-state index in [0.29, 0.717) is 25.1 Å². The standard InChI is InChI=1S/C25H29N3O3/c1-4-19-7-5-8-21(13-19)28-18-26-16-20-14-25(24(30-3)15-23(20)28)31-12-6-10-27-11-9-22(17-27)29-2/h1,5,7-8,13-16,22H,6,9-12,17-18H2,2-3H3/t22-/m1/s1. The largest absolute Gasteiger partial charge is 0.493 e. The molecule has 0 unspecified atom stereocenters. The quantitative estimate of drug-likeness (QED) is 0.482. The number of terminal acetylenes is 1. The van der Waals surface area contributed by atoms with Gasteiger partial charge < -0.3 is 24.0 Å². The molecule has 162 valence electrons. The minimum absolute atomic E-state index is 0.366. The minimum atomic E-state index is 0.366. The van der Waals surface area contributed by atoms with Crippen molar-refractivity contribution in [1.29, 1.82) is 0 Å². The van der Waals surface area contributed by atoms with Crippen molar-refractivity contribution >= 4 is 17.6 Å². The summed E-state index contributed by atoms with van der Waals surface area (Å²) in [6.07, 6.45) is 9.89. The van der Waals surface area contributed by atoms with Gasteiger partial charge in [-0.05, 0) is 37.1 Å². The Bertz CT molecular complexity index is 982. The molecule has 0 bridgehead atoms. The number of likely N-dealkylation sites (tertiary alicyclic amines) is 1. The Kier molecular flexibility index (Phi) is 6.76. The third-order valence-electron chi connectivity index (χ3n) is 5.82. The molecule has 2 aliphatic rings. The van der Waals surface area contributed by atoms with Crippen LogP contribution in [0.3, 0.4) is 0 Å². The first-order valence-corrected chi connectivity index (χ1v) is 10.7. The minimum Gasteiger partial charge on any atom is -0.493 e. The molecule has 0 aliphatic carbocycles. The van der Waals surface area contributed by atoms with E-state index in [9.17, 15) is 0 Å². The van der Waals surface area contributed by atoms with Crippen molar-refractivity contribution in [2.45, 2.75) is 18.9 Å². The fraction of sp³-hybridized carbons (Fsp3) is 0.400. The first-order valence-electron chi connectivity index (χ1n) is 10.7. The Morgan fingerprint density at radius 3 is 2.87 bits per heavy atom. The zero-order valence-electron chi connectivity index (χ0n) is 18.2. The molecule has 1 saturated heterocycles. The molecule has 4 rings (SSSR count). The molecule has 2 heterocycles. The Hall–Kier alpha value is -3.01. The van der Waals surface area contributed by atoms with E-state index in [4.69, 9.17) is 20.6 Å². The van der Waals surface area contributed by atoms with Gasteiger partial charge in [0.1, 0.15) is 6.67 Å². The average molecular weight is 420 g/mol. The van der Waals surface area contributed by atoms with Crippen LogP contribution in [0.4, 0.5) is 11.4 Å². The second kappa shape index (κ2) is 9.86. The number of nitrogens with zero attached hydrogens (tertiary/aromatic N) is 3. The third kappa shape index (κ3) is 4.84. The lowest BCUT2D eigenvalue weighted by atomic mass is 10.1. The zero-order valence-corrected chi connectivity index (χ0v) is 18.2. The third-order valence-corrected chi connectivity index (χ3v) is 5.82. The van der Waals surface area contributed by atoms with Crippen LogP contribution < -0.4 is 14.4 Å². The molecule has 1 atom stereocenters. The maximum atomic E-state index is 6.09. The van der Waals surface area contributed by atoms with Crippen LogP contribution in [0.2, 0.25) is 0 Å². The van der Waals surface area contributed by atoms with E-state index in [1.54, 1.807) is 14.2 Å². The van der Waals surface area contributed by atoms with Gasteiger partial charge in [0.15, 0.2) is 11.5 Å². The number of anilines is 2. The topological polar surface area (TPSA) is 46.5 Å². The van der Waals surface area contributed by atoms with Crippen molar-refractivity contribution in [3.63, 3.8) is 0 Å². The number of rotatable bonds is 8. The van der Waals surface area contributed by atoms with E-state index < -0.39 is 0 Å². The molecule has 0 N–H and O–H groups in total. The van der Waals surface area contributed by atoms with Gasteiger partial charge in [0.05, 0.1) is 25.5 Å². The fourth-order valence-corrected chi connectivity index (χ4v) is 4.12. The van der Waals surface area contributed by atoms with Crippen molar-refractivity contribution in [2.75, 3.05) is 52.0 Å². The van der Waals surface area contributed by atoms with E-state index in [0.717, 1.165) is 60.7 Å².